The number of ether oxygens (including phenoxy) is 1. The number of rotatable bonds is 4. The summed E-state index contributed by atoms with van der Waals surface area (Å²) in [4.78, 5) is 14.8. The Labute approximate surface area is 126 Å². The van der Waals surface area contributed by atoms with Crippen LogP contribution >= 0.6 is 0 Å². The van der Waals surface area contributed by atoms with Crippen LogP contribution in [0.4, 0.5) is 0 Å². The summed E-state index contributed by atoms with van der Waals surface area (Å²) in [6.07, 6.45) is 2.83. The lowest BCUT2D eigenvalue weighted by atomic mass is 10.1. The topological polar surface area (TPSA) is 41.6 Å². The Bertz CT molecular complexity index is 494. The van der Waals surface area contributed by atoms with Crippen molar-refractivity contribution in [2.24, 2.45) is 0 Å². The third-order valence-electron chi connectivity index (χ3n) is 4.46. The van der Waals surface area contributed by atoms with Crippen molar-refractivity contribution in [3.05, 3.63) is 35.4 Å². The van der Waals surface area contributed by atoms with Gasteiger partial charge in [0.2, 0.25) is 5.91 Å². The highest BCUT2D eigenvalue weighted by atomic mass is 16.5. The number of aryl methyl sites for hydroxylation is 1. The summed E-state index contributed by atoms with van der Waals surface area (Å²) < 4.78 is 5.49. The Balaban J connectivity index is 1.87. The zero-order valence-electron chi connectivity index (χ0n) is 12.8. The van der Waals surface area contributed by atoms with Crippen molar-refractivity contribution in [1.29, 1.82) is 0 Å². The van der Waals surface area contributed by atoms with Crippen LogP contribution in [0.1, 0.15) is 43.5 Å². The molecule has 4 nitrogen and oxygen atoms in total. The highest BCUT2D eigenvalue weighted by Gasteiger charge is 2.43. The van der Waals surface area contributed by atoms with Crippen molar-refractivity contribution in [2.45, 2.75) is 51.4 Å². The van der Waals surface area contributed by atoms with Crippen LogP contribution in [-0.4, -0.2) is 36.1 Å². The fraction of sp³-hybridized carbons (Fsp3) is 0.588. The van der Waals surface area contributed by atoms with Gasteiger partial charge < -0.3 is 9.64 Å². The second kappa shape index (κ2) is 6.16. The third kappa shape index (κ3) is 2.83. The molecule has 1 N–H and O–H groups in total. The van der Waals surface area contributed by atoms with E-state index in [0.717, 1.165) is 25.9 Å². The second-order valence-electron chi connectivity index (χ2n) is 6.08. The third-order valence-corrected chi connectivity index (χ3v) is 4.46. The number of nitrogens with zero attached hydrogens (tertiary/aromatic N) is 1. The van der Waals surface area contributed by atoms with Gasteiger partial charge in [0.15, 0.2) is 0 Å². The first-order valence-corrected chi connectivity index (χ1v) is 7.93. The van der Waals surface area contributed by atoms with E-state index < -0.39 is 0 Å². The minimum atomic E-state index is -0.0538. The molecule has 3 atom stereocenters. The smallest absolute Gasteiger partial charge is 0.241 e. The lowest BCUT2D eigenvalue weighted by molar-refractivity contribution is -0.132. The van der Waals surface area contributed by atoms with Crippen molar-refractivity contribution < 1.29 is 9.53 Å². The molecule has 0 spiro atoms. The maximum absolute atomic E-state index is 12.7. The van der Waals surface area contributed by atoms with Gasteiger partial charge in [-0.1, -0.05) is 43.2 Å². The van der Waals surface area contributed by atoms with Crippen LogP contribution < -0.4 is 5.32 Å². The molecule has 2 fully saturated rings. The van der Waals surface area contributed by atoms with Crippen molar-refractivity contribution in [1.82, 2.24) is 10.2 Å². The number of carbonyl (C=O) groups is 1. The van der Waals surface area contributed by atoms with Gasteiger partial charge in [0, 0.05) is 6.61 Å². The minimum Gasteiger partial charge on any atom is -0.379 e. The maximum Gasteiger partial charge on any atom is 0.241 e. The molecule has 0 aliphatic carbocycles. The van der Waals surface area contributed by atoms with Gasteiger partial charge in [-0.2, -0.15) is 0 Å². The molecule has 0 aromatic heterocycles. The van der Waals surface area contributed by atoms with Crippen molar-refractivity contribution in [3.63, 3.8) is 0 Å². The van der Waals surface area contributed by atoms with Crippen LogP contribution in [0.2, 0.25) is 0 Å². The zero-order valence-corrected chi connectivity index (χ0v) is 12.8. The van der Waals surface area contributed by atoms with E-state index in [4.69, 9.17) is 4.74 Å². The monoisotopic (exact) mass is 288 g/mol. The first-order chi connectivity index (χ1) is 10.2. The molecule has 3 rings (SSSR count). The Hall–Kier alpha value is -1.39. The number of hydrogen-bond donors (Lipinski definition) is 1. The predicted molar refractivity (Wildman–Crippen MR) is 81.8 cm³/mol. The van der Waals surface area contributed by atoms with Gasteiger partial charge >= 0.3 is 0 Å². The minimum absolute atomic E-state index is 0.0126. The molecule has 2 aliphatic rings. The highest BCUT2D eigenvalue weighted by Crippen LogP contribution is 2.31. The molecular weight excluding hydrogens is 264 g/mol. The molecule has 1 aromatic rings. The Morgan fingerprint density at radius 1 is 1.33 bits per heavy atom. The summed E-state index contributed by atoms with van der Waals surface area (Å²) in [6.45, 7) is 5.62. The fourth-order valence-electron chi connectivity index (χ4n) is 3.28. The maximum atomic E-state index is 12.7. The zero-order chi connectivity index (χ0) is 14.8. The predicted octanol–water partition coefficient (Wildman–Crippen LogP) is 2.38. The lowest BCUT2D eigenvalue weighted by Crippen LogP contribution is -2.40. The van der Waals surface area contributed by atoms with Crippen LogP contribution in [0, 0.1) is 6.92 Å². The molecule has 21 heavy (non-hydrogen) atoms. The van der Waals surface area contributed by atoms with Crippen LogP contribution in [0.5, 0.6) is 0 Å². The van der Waals surface area contributed by atoms with Crippen molar-refractivity contribution >= 4 is 5.91 Å². The van der Waals surface area contributed by atoms with E-state index in [1.165, 1.54) is 11.1 Å². The average Bonchev–Trinajstić information content (AvgIpc) is 3.09. The Morgan fingerprint density at radius 2 is 2.10 bits per heavy atom. The number of carbonyl (C=O) groups excluding carboxylic acids is 1. The summed E-state index contributed by atoms with van der Waals surface area (Å²) in [5.41, 5.74) is 2.41. The molecule has 1 aromatic carbocycles. The van der Waals surface area contributed by atoms with Crippen molar-refractivity contribution in [3.8, 4) is 0 Å². The van der Waals surface area contributed by atoms with Gasteiger partial charge in [0.1, 0.15) is 6.17 Å². The SMILES string of the molecule is CCCC1NC(c2ccc(C)cc2)N(C2CCOC2)C1=O. The van der Waals surface area contributed by atoms with Gasteiger partial charge in [-0.05, 0) is 25.3 Å². The van der Waals surface area contributed by atoms with Crippen LogP contribution in [-0.2, 0) is 9.53 Å². The van der Waals surface area contributed by atoms with Crippen molar-refractivity contribution in [2.75, 3.05) is 13.2 Å². The van der Waals surface area contributed by atoms with E-state index >= 15 is 0 Å². The number of amides is 1. The van der Waals surface area contributed by atoms with Gasteiger partial charge in [-0.15, -0.1) is 0 Å². The first-order valence-electron chi connectivity index (χ1n) is 7.93. The molecule has 0 radical (unpaired) electrons. The van der Waals surface area contributed by atoms with E-state index in [9.17, 15) is 4.79 Å². The Kier molecular flexibility index (Phi) is 4.27. The summed E-state index contributed by atoms with van der Waals surface area (Å²) in [6, 6.07) is 8.62. The van der Waals surface area contributed by atoms with E-state index in [-0.39, 0.29) is 24.2 Å². The summed E-state index contributed by atoms with van der Waals surface area (Å²) in [5, 5.41) is 3.53. The number of hydrogen-bond acceptors (Lipinski definition) is 3. The fourth-order valence-corrected chi connectivity index (χ4v) is 3.28. The molecule has 4 heteroatoms. The van der Waals surface area contributed by atoms with Crippen LogP contribution in [0.3, 0.4) is 0 Å². The Morgan fingerprint density at radius 3 is 2.71 bits per heavy atom. The summed E-state index contributed by atoms with van der Waals surface area (Å²) in [5.74, 6) is 0.234. The molecule has 0 saturated carbocycles. The van der Waals surface area contributed by atoms with Gasteiger partial charge in [-0.3, -0.25) is 10.1 Å². The molecule has 114 valence electrons. The molecule has 2 heterocycles. The molecule has 1 amide bonds. The number of benzene rings is 1. The van der Waals surface area contributed by atoms with Crippen LogP contribution in [0.15, 0.2) is 24.3 Å². The normalized spacial score (nSPS) is 29.3. The molecule has 2 saturated heterocycles. The van der Waals surface area contributed by atoms with Crippen LogP contribution in [0.25, 0.3) is 0 Å². The molecule has 3 unspecified atom stereocenters. The second-order valence-corrected chi connectivity index (χ2v) is 6.08. The van der Waals surface area contributed by atoms with E-state index in [2.05, 4.69) is 43.4 Å². The van der Waals surface area contributed by atoms with Gasteiger partial charge in [0.05, 0.1) is 18.7 Å². The van der Waals surface area contributed by atoms with E-state index in [1.54, 1.807) is 0 Å². The summed E-state index contributed by atoms with van der Waals surface area (Å²) in [7, 11) is 0. The van der Waals surface area contributed by atoms with E-state index in [0.29, 0.717) is 6.61 Å². The molecule has 2 aliphatic heterocycles. The highest BCUT2D eigenvalue weighted by molar-refractivity contribution is 5.85. The average molecular weight is 288 g/mol. The van der Waals surface area contributed by atoms with Gasteiger partial charge in [0.25, 0.3) is 0 Å². The summed E-state index contributed by atoms with van der Waals surface area (Å²) >= 11 is 0. The number of nitrogens with one attached hydrogen (secondary N) is 1. The van der Waals surface area contributed by atoms with E-state index in [1.807, 2.05) is 4.90 Å². The first kappa shape index (κ1) is 14.5. The molecule has 0 bridgehead atoms. The molecular formula is C17H24N2O2. The lowest BCUT2D eigenvalue weighted by Gasteiger charge is -2.29. The van der Waals surface area contributed by atoms with Gasteiger partial charge in [-0.25, -0.2) is 0 Å². The quantitative estimate of drug-likeness (QED) is 0.925. The largest absolute Gasteiger partial charge is 0.379 e. The standard InChI is InChI=1S/C17H24N2O2/c1-3-4-15-17(20)19(14-9-10-21-11-14)16(18-15)13-7-5-12(2)6-8-13/h5-8,14-16,18H,3-4,9-11H2,1-2H3.